The fraction of sp³-hybridized carbons (Fsp3) is 0. The molecule has 4 heteroatoms. The summed E-state index contributed by atoms with van der Waals surface area (Å²) in [6, 6.07) is 45.6. The Balaban J connectivity index is 1.22. The molecule has 6 aromatic carbocycles. The molecule has 39 heavy (non-hydrogen) atoms. The van der Waals surface area contributed by atoms with Gasteiger partial charge >= 0.3 is 0 Å². The third kappa shape index (κ3) is 3.57. The van der Waals surface area contributed by atoms with Gasteiger partial charge in [-0.2, -0.15) is 0 Å². The van der Waals surface area contributed by atoms with E-state index in [1.165, 1.54) is 0 Å². The van der Waals surface area contributed by atoms with Crippen LogP contribution in [-0.4, -0.2) is 4.98 Å². The molecule has 0 atom stereocenters. The number of aromatic nitrogens is 1. The number of furan rings is 1. The van der Waals surface area contributed by atoms with E-state index in [1.807, 2.05) is 42.5 Å². The lowest BCUT2D eigenvalue weighted by atomic mass is 10.1. The number of benzene rings is 6. The molecule has 0 amide bonds. The Morgan fingerprint density at radius 1 is 0.487 bits per heavy atom. The zero-order valence-corrected chi connectivity index (χ0v) is 20.9. The van der Waals surface area contributed by atoms with Gasteiger partial charge in [-0.3, -0.25) is 0 Å². The van der Waals surface area contributed by atoms with E-state index in [0.717, 1.165) is 66.4 Å². The van der Waals surface area contributed by atoms with Gasteiger partial charge < -0.3 is 13.7 Å². The summed E-state index contributed by atoms with van der Waals surface area (Å²) in [5.74, 6) is 0.614. The maximum Gasteiger partial charge on any atom is 0.227 e. The highest BCUT2D eigenvalue weighted by atomic mass is 16.3. The lowest BCUT2D eigenvalue weighted by molar-refractivity contribution is 0.623. The van der Waals surface area contributed by atoms with Gasteiger partial charge in [0, 0.05) is 44.9 Å². The summed E-state index contributed by atoms with van der Waals surface area (Å²) >= 11 is 0. The molecular formula is C35H22N2O2. The van der Waals surface area contributed by atoms with Crippen LogP contribution < -0.4 is 4.90 Å². The first-order valence-electron chi connectivity index (χ1n) is 13.0. The highest BCUT2D eigenvalue weighted by molar-refractivity contribution is 6.06. The number of oxazole rings is 1. The second-order valence-electron chi connectivity index (χ2n) is 9.65. The van der Waals surface area contributed by atoms with Crippen molar-refractivity contribution in [2.45, 2.75) is 0 Å². The number of anilines is 3. The van der Waals surface area contributed by atoms with Crippen LogP contribution in [0.25, 0.3) is 55.3 Å². The molecule has 0 radical (unpaired) electrons. The van der Waals surface area contributed by atoms with Crippen LogP contribution in [-0.2, 0) is 0 Å². The van der Waals surface area contributed by atoms with Crippen LogP contribution in [0.15, 0.2) is 142 Å². The molecule has 0 spiro atoms. The van der Waals surface area contributed by atoms with Gasteiger partial charge in [0.1, 0.15) is 16.7 Å². The van der Waals surface area contributed by atoms with E-state index in [4.69, 9.17) is 13.8 Å². The van der Waals surface area contributed by atoms with Crippen LogP contribution in [0.5, 0.6) is 0 Å². The Bertz CT molecular complexity index is 2120. The molecule has 2 aromatic heterocycles. The van der Waals surface area contributed by atoms with E-state index in [0.29, 0.717) is 5.89 Å². The number of fused-ring (bicyclic) bond motifs is 6. The summed E-state index contributed by atoms with van der Waals surface area (Å²) in [5, 5.41) is 4.45. The van der Waals surface area contributed by atoms with Crippen molar-refractivity contribution in [2.24, 2.45) is 0 Å². The summed E-state index contributed by atoms with van der Waals surface area (Å²) in [5.41, 5.74) is 7.48. The second-order valence-corrected chi connectivity index (χ2v) is 9.65. The summed E-state index contributed by atoms with van der Waals surface area (Å²) in [7, 11) is 0. The lowest BCUT2D eigenvalue weighted by Gasteiger charge is -2.25. The monoisotopic (exact) mass is 502 g/mol. The van der Waals surface area contributed by atoms with Crippen molar-refractivity contribution in [3.63, 3.8) is 0 Å². The average Bonchev–Trinajstić information content (AvgIpc) is 3.60. The molecule has 0 saturated carbocycles. The Morgan fingerprint density at radius 2 is 1.18 bits per heavy atom. The van der Waals surface area contributed by atoms with Crippen LogP contribution in [0.1, 0.15) is 0 Å². The van der Waals surface area contributed by atoms with E-state index >= 15 is 0 Å². The largest absolute Gasteiger partial charge is 0.456 e. The smallest absolute Gasteiger partial charge is 0.227 e. The minimum Gasteiger partial charge on any atom is -0.456 e. The van der Waals surface area contributed by atoms with E-state index in [1.54, 1.807) is 0 Å². The second kappa shape index (κ2) is 8.61. The molecule has 184 valence electrons. The zero-order chi connectivity index (χ0) is 25.8. The van der Waals surface area contributed by atoms with Crippen molar-refractivity contribution in [1.82, 2.24) is 4.98 Å². The topological polar surface area (TPSA) is 42.4 Å². The number of hydrogen-bond acceptors (Lipinski definition) is 4. The van der Waals surface area contributed by atoms with Gasteiger partial charge in [-0.05, 0) is 66.0 Å². The molecule has 0 aliphatic rings. The van der Waals surface area contributed by atoms with Gasteiger partial charge in [-0.1, -0.05) is 66.7 Å². The molecule has 8 aromatic rings. The fourth-order valence-electron chi connectivity index (χ4n) is 5.41. The normalized spacial score (nSPS) is 11.6. The van der Waals surface area contributed by atoms with E-state index in [9.17, 15) is 0 Å². The zero-order valence-electron chi connectivity index (χ0n) is 20.9. The Morgan fingerprint density at radius 3 is 2.05 bits per heavy atom. The quantitative estimate of drug-likeness (QED) is 0.240. The predicted molar refractivity (Wildman–Crippen MR) is 159 cm³/mol. The molecule has 0 aliphatic heterocycles. The maximum absolute atomic E-state index is 6.28. The lowest BCUT2D eigenvalue weighted by Crippen LogP contribution is -2.09. The molecule has 0 unspecified atom stereocenters. The van der Waals surface area contributed by atoms with Crippen LogP contribution in [0, 0.1) is 0 Å². The molecular weight excluding hydrogens is 480 g/mol. The number of para-hydroxylation sites is 2. The summed E-state index contributed by atoms with van der Waals surface area (Å²) in [6.07, 6.45) is 0. The van der Waals surface area contributed by atoms with E-state index in [-0.39, 0.29) is 0 Å². The van der Waals surface area contributed by atoms with Crippen LogP contribution in [0.4, 0.5) is 17.1 Å². The molecule has 0 saturated heterocycles. The van der Waals surface area contributed by atoms with Gasteiger partial charge in [0.05, 0.1) is 0 Å². The minimum atomic E-state index is 0.614. The molecule has 0 N–H and O–H groups in total. The van der Waals surface area contributed by atoms with Crippen molar-refractivity contribution < 1.29 is 8.83 Å². The first kappa shape index (κ1) is 21.7. The van der Waals surface area contributed by atoms with Gasteiger partial charge in [-0.25, -0.2) is 4.98 Å². The first-order chi connectivity index (χ1) is 19.3. The predicted octanol–water partition coefficient (Wildman–Crippen LogP) is 10.0. The van der Waals surface area contributed by atoms with E-state index < -0.39 is 0 Å². The van der Waals surface area contributed by atoms with Gasteiger partial charge in [0.15, 0.2) is 5.58 Å². The number of hydrogen-bond donors (Lipinski definition) is 0. The Kier molecular flexibility index (Phi) is 4.79. The first-order valence-corrected chi connectivity index (χ1v) is 13.0. The highest BCUT2D eigenvalue weighted by Crippen LogP contribution is 2.39. The number of rotatable bonds is 4. The third-order valence-electron chi connectivity index (χ3n) is 7.29. The summed E-state index contributed by atoms with van der Waals surface area (Å²) in [6.45, 7) is 0. The standard InChI is InChI=1S/C35H22N2O2/c1-2-9-25(10-3-1)37(27-19-20-30-29-12-6-7-13-32(29)38-33(30)22-27)26-17-14-24(15-18-26)35-36-31-21-16-23-8-4-5-11-28(23)34(31)39-35/h1-22H. The van der Waals surface area contributed by atoms with Crippen molar-refractivity contribution in [3.05, 3.63) is 133 Å². The molecule has 2 heterocycles. The van der Waals surface area contributed by atoms with Gasteiger partial charge in [-0.15, -0.1) is 0 Å². The number of nitrogens with zero attached hydrogens (tertiary/aromatic N) is 2. The molecule has 0 fully saturated rings. The SMILES string of the molecule is c1ccc(N(c2ccc(-c3nc4ccc5ccccc5c4o3)cc2)c2ccc3c(c2)oc2ccccc23)cc1. The van der Waals surface area contributed by atoms with Crippen molar-refractivity contribution in [3.8, 4) is 11.5 Å². The highest BCUT2D eigenvalue weighted by Gasteiger charge is 2.16. The fourth-order valence-corrected chi connectivity index (χ4v) is 5.41. The Labute approximate surface area is 224 Å². The van der Waals surface area contributed by atoms with Crippen LogP contribution in [0.2, 0.25) is 0 Å². The van der Waals surface area contributed by atoms with Crippen LogP contribution in [0.3, 0.4) is 0 Å². The third-order valence-corrected chi connectivity index (χ3v) is 7.29. The maximum atomic E-state index is 6.28. The van der Waals surface area contributed by atoms with Crippen molar-refractivity contribution >= 4 is 60.9 Å². The molecule has 8 rings (SSSR count). The van der Waals surface area contributed by atoms with Crippen LogP contribution >= 0.6 is 0 Å². The van der Waals surface area contributed by atoms with E-state index in [2.05, 4.69) is 95.9 Å². The minimum absolute atomic E-state index is 0.614. The van der Waals surface area contributed by atoms with Crippen molar-refractivity contribution in [2.75, 3.05) is 4.90 Å². The molecule has 0 bridgehead atoms. The molecule has 4 nitrogen and oxygen atoms in total. The van der Waals surface area contributed by atoms with Gasteiger partial charge in [0.25, 0.3) is 0 Å². The van der Waals surface area contributed by atoms with Gasteiger partial charge in [0.2, 0.25) is 5.89 Å². The Hall–Kier alpha value is -5.35. The summed E-state index contributed by atoms with van der Waals surface area (Å²) < 4.78 is 12.5. The molecule has 0 aliphatic carbocycles. The average molecular weight is 503 g/mol. The van der Waals surface area contributed by atoms with Crippen molar-refractivity contribution in [1.29, 1.82) is 0 Å². The summed E-state index contributed by atoms with van der Waals surface area (Å²) in [4.78, 5) is 7.02.